The van der Waals surface area contributed by atoms with Crippen LogP contribution >= 0.6 is 0 Å². The van der Waals surface area contributed by atoms with Crippen molar-refractivity contribution in [1.82, 2.24) is 30.0 Å². The Hall–Kier alpha value is -3.03. The van der Waals surface area contributed by atoms with Gasteiger partial charge in [0, 0.05) is 29.9 Å². The standard InChI is InChI=1S/C18H22N6O2/c1-5-12(4)21-17(25)14-9-24(10-20-14)15-8-13(6-7-19-15)18-22-16(11(2)3)23-26-18/h6-12H,5H2,1-4H3,(H,21,25)/t12-/m0/s1. The minimum atomic E-state index is -0.201. The number of pyridine rings is 1. The molecule has 3 aromatic heterocycles. The molecule has 3 aromatic rings. The topological polar surface area (TPSA) is 98.7 Å². The lowest BCUT2D eigenvalue weighted by Crippen LogP contribution is -2.32. The van der Waals surface area contributed by atoms with Crippen LogP contribution < -0.4 is 5.32 Å². The molecule has 0 radical (unpaired) electrons. The predicted octanol–water partition coefficient (Wildman–Crippen LogP) is 2.97. The summed E-state index contributed by atoms with van der Waals surface area (Å²) in [5.74, 6) is 1.70. The molecule has 0 aliphatic carbocycles. The summed E-state index contributed by atoms with van der Waals surface area (Å²) in [6.45, 7) is 7.98. The van der Waals surface area contributed by atoms with Gasteiger partial charge in [-0.2, -0.15) is 4.98 Å². The highest BCUT2D eigenvalue weighted by molar-refractivity contribution is 5.92. The molecule has 136 valence electrons. The molecule has 8 nitrogen and oxygen atoms in total. The van der Waals surface area contributed by atoms with Gasteiger partial charge in [0.2, 0.25) is 0 Å². The minimum absolute atomic E-state index is 0.0989. The van der Waals surface area contributed by atoms with Crippen LogP contribution in [0.3, 0.4) is 0 Å². The molecule has 0 aromatic carbocycles. The highest BCUT2D eigenvalue weighted by Gasteiger charge is 2.15. The van der Waals surface area contributed by atoms with Gasteiger partial charge in [0.05, 0.1) is 0 Å². The molecule has 1 N–H and O–H groups in total. The monoisotopic (exact) mass is 354 g/mol. The Kier molecular flexibility index (Phi) is 5.11. The van der Waals surface area contributed by atoms with Crippen molar-refractivity contribution < 1.29 is 9.32 Å². The molecule has 0 fully saturated rings. The third-order valence-electron chi connectivity index (χ3n) is 4.02. The molecule has 0 aliphatic rings. The van der Waals surface area contributed by atoms with Gasteiger partial charge < -0.3 is 9.84 Å². The van der Waals surface area contributed by atoms with Crippen LogP contribution in [0.4, 0.5) is 0 Å². The lowest BCUT2D eigenvalue weighted by molar-refractivity contribution is 0.0934. The molecule has 3 rings (SSSR count). The van der Waals surface area contributed by atoms with Gasteiger partial charge in [0.15, 0.2) is 5.82 Å². The third kappa shape index (κ3) is 3.79. The van der Waals surface area contributed by atoms with E-state index < -0.39 is 0 Å². The Balaban J connectivity index is 1.83. The summed E-state index contributed by atoms with van der Waals surface area (Å²) in [5, 5.41) is 6.87. The number of aromatic nitrogens is 5. The van der Waals surface area contributed by atoms with Crippen LogP contribution in [0.2, 0.25) is 0 Å². The van der Waals surface area contributed by atoms with Gasteiger partial charge in [-0.05, 0) is 25.5 Å². The number of carbonyl (C=O) groups excluding carboxylic acids is 1. The molecule has 0 bridgehead atoms. The van der Waals surface area contributed by atoms with Gasteiger partial charge in [-0.3, -0.25) is 9.36 Å². The molecule has 0 saturated carbocycles. The molecule has 0 unspecified atom stereocenters. The Morgan fingerprint density at radius 1 is 1.31 bits per heavy atom. The largest absolute Gasteiger partial charge is 0.348 e. The molecule has 0 aliphatic heterocycles. The van der Waals surface area contributed by atoms with Crippen molar-refractivity contribution in [2.75, 3.05) is 0 Å². The van der Waals surface area contributed by atoms with Crippen LogP contribution in [0.1, 0.15) is 56.3 Å². The van der Waals surface area contributed by atoms with Crippen molar-refractivity contribution in [3.05, 3.63) is 42.4 Å². The summed E-state index contributed by atoms with van der Waals surface area (Å²) in [7, 11) is 0. The van der Waals surface area contributed by atoms with Crippen molar-refractivity contribution in [2.45, 2.75) is 46.1 Å². The summed E-state index contributed by atoms with van der Waals surface area (Å²) in [5.41, 5.74) is 1.10. The first-order valence-corrected chi connectivity index (χ1v) is 8.63. The van der Waals surface area contributed by atoms with Crippen molar-refractivity contribution in [2.24, 2.45) is 0 Å². The van der Waals surface area contributed by atoms with Gasteiger partial charge in [0.1, 0.15) is 17.8 Å². The number of rotatable bonds is 6. The zero-order chi connectivity index (χ0) is 18.7. The average Bonchev–Trinajstić information content (AvgIpc) is 3.31. The van der Waals surface area contributed by atoms with E-state index in [-0.39, 0.29) is 17.9 Å². The fraction of sp³-hybridized carbons (Fsp3) is 0.389. The quantitative estimate of drug-likeness (QED) is 0.731. The van der Waals surface area contributed by atoms with Gasteiger partial charge in [-0.15, -0.1) is 0 Å². The second kappa shape index (κ2) is 7.47. The molecule has 0 spiro atoms. The van der Waals surface area contributed by atoms with E-state index in [0.29, 0.717) is 23.2 Å². The highest BCUT2D eigenvalue weighted by atomic mass is 16.5. The van der Waals surface area contributed by atoms with Gasteiger partial charge in [-0.25, -0.2) is 9.97 Å². The van der Waals surface area contributed by atoms with E-state index >= 15 is 0 Å². The lowest BCUT2D eigenvalue weighted by Gasteiger charge is -2.09. The average molecular weight is 354 g/mol. The summed E-state index contributed by atoms with van der Waals surface area (Å²) < 4.78 is 7.01. The first-order valence-electron chi connectivity index (χ1n) is 8.63. The minimum Gasteiger partial charge on any atom is -0.348 e. The second-order valence-corrected chi connectivity index (χ2v) is 6.46. The predicted molar refractivity (Wildman–Crippen MR) is 96.0 cm³/mol. The van der Waals surface area contributed by atoms with Crippen molar-refractivity contribution >= 4 is 5.91 Å². The molecule has 1 amide bonds. The van der Waals surface area contributed by atoms with E-state index in [1.165, 1.54) is 0 Å². The summed E-state index contributed by atoms with van der Waals surface area (Å²) in [4.78, 5) is 25.1. The zero-order valence-electron chi connectivity index (χ0n) is 15.3. The molecule has 8 heteroatoms. The summed E-state index contributed by atoms with van der Waals surface area (Å²) >= 11 is 0. The molecular formula is C18H22N6O2. The van der Waals surface area contributed by atoms with Crippen LogP contribution in [-0.4, -0.2) is 36.6 Å². The first-order chi connectivity index (χ1) is 12.5. The maximum absolute atomic E-state index is 12.2. The Morgan fingerprint density at radius 3 is 2.81 bits per heavy atom. The number of nitrogens with one attached hydrogen (secondary N) is 1. The number of carbonyl (C=O) groups is 1. The van der Waals surface area contributed by atoms with E-state index in [9.17, 15) is 4.79 Å². The van der Waals surface area contributed by atoms with E-state index in [1.807, 2.05) is 33.8 Å². The van der Waals surface area contributed by atoms with E-state index in [2.05, 4.69) is 25.4 Å². The van der Waals surface area contributed by atoms with Crippen molar-refractivity contribution in [3.63, 3.8) is 0 Å². The number of hydrogen-bond acceptors (Lipinski definition) is 6. The zero-order valence-corrected chi connectivity index (χ0v) is 15.3. The molecular weight excluding hydrogens is 332 g/mol. The molecule has 3 heterocycles. The maximum Gasteiger partial charge on any atom is 0.271 e. The van der Waals surface area contributed by atoms with Crippen molar-refractivity contribution in [3.8, 4) is 17.3 Å². The fourth-order valence-corrected chi connectivity index (χ4v) is 2.24. The fourth-order valence-electron chi connectivity index (χ4n) is 2.24. The van der Waals surface area contributed by atoms with E-state index in [4.69, 9.17) is 4.52 Å². The normalized spacial score (nSPS) is 12.3. The SMILES string of the molecule is CC[C@H](C)NC(=O)c1cn(-c2cc(-c3nc(C(C)C)no3)ccn2)cn1. The molecule has 0 saturated heterocycles. The summed E-state index contributed by atoms with van der Waals surface area (Å²) in [6, 6.07) is 3.71. The second-order valence-electron chi connectivity index (χ2n) is 6.46. The molecule has 26 heavy (non-hydrogen) atoms. The van der Waals surface area contributed by atoms with E-state index in [1.54, 1.807) is 29.4 Å². The Labute approximate surface area is 151 Å². The van der Waals surface area contributed by atoms with Crippen LogP contribution in [0, 0.1) is 0 Å². The number of hydrogen-bond donors (Lipinski definition) is 1. The van der Waals surface area contributed by atoms with Gasteiger partial charge >= 0.3 is 0 Å². The maximum atomic E-state index is 12.2. The Bertz CT molecular complexity index is 898. The lowest BCUT2D eigenvalue weighted by atomic mass is 10.2. The number of amides is 1. The smallest absolute Gasteiger partial charge is 0.271 e. The number of nitrogens with zero attached hydrogens (tertiary/aromatic N) is 5. The van der Waals surface area contributed by atoms with Gasteiger partial charge in [0.25, 0.3) is 11.8 Å². The first kappa shape index (κ1) is 17.8. The van der Waals surface area contributed by atoms with Crippen molar-refractivity contribution in [1.29, 1.82) is 0 Å². The number of imidazole rings is 1. The van der Waals surface area contributed by atoms with Gasteiger partial charge in [-0.1, -0.05) is 25.9 Å². The Morgan fingerprint density at radius 2 is 2.12 bits per heavy atom. The highest BCUT2D eigenvalue weighted by Crippen LogP contribution is 2.21. The van der Waals surface area contributed by atoms with E-state index in [0.717, 1.165) is 12.0 Å². The van der Waals surface area contributed by atoms with Crippen LogP contribution in [0.5, 0.6) is 0 Å². The third-order valence-corrected chi connectivity index (χ3v) is 4.02. The van der Waals surface area contributed by atoms with Crippen LogP contribution in [0.25, 0.3) is 17.3 Å². The molecule has 1 atom stereocenters. The van der Waals surface area contributed by atoms with Crippen LogP contribution in [-0.2, 0) is 0 Å². The van der Waals surface area contributed by atoms with Crippen LogP contribution in [0.15, 0.2) is 35.4 Å². The summed E-state index contributed by atoms with van der Waals surface area (Å²) in [6.07, 6.45) is 5.73.